The maximum Gasteiger partial charge on any atom is 0.0214 e. The van der Waals surface area contributed by atoms with Gasteiger partial charge >= 0.3 is 0 Å². The molecule has 88 valence electrons. The molecule has 0 saturated heterocycles. The first-order valence-corrected chi connectivity index (χ1v) is 6.40. The molecule has 2 saturated carbocycles. The molecule has 2 fully saturated rings. The van der Waals surface area contributed by atoms with E-state index in [1.165, 1.54) is 32.2 Å². The largest absolute Gasteiger partial charge is 0.326 e. The fourth-order valence-corrected chi connectivity index (χ4v) is 2.37. The first kappa shape index (κ1) is 11.4. The molecule has 0 aliphatic heterocycles. The van der Waals surface area contributed by atoms with E-state index in [0.717, 1.165) is 12.5 Å². The third kappa shape index (κ3) is 2.73. The third-order valence-corrected chi connectivity index (χ3v) is 4.29. The van der Waals surface area contributed by atoms with Crippen LogP contribution < -0.4 is 11.1 Å². The topological polar surface area (TPSA) is 38.0 Å². The molecular formula is C13H26N2. The van der Waals surface area contributed by atoms with E-state index in [9.17, 15) is 0 Å². The lowest BCUT2D eigenvalue weighted by molar-refractivity contribution is 0.296. The molecule has 2 aliphatic carbocycles. The van der Waals surface area contributed by atoms with Crippen molar-refractivity contribution in [3.05, 3.63) is 0 Å². The van der Waals surface area contributed by atoms with Gasteiger partial charge in [-0.05, 0) is 42.4 Å². The van der Waals surface area contributed by atoms with Gasteiger partial charge in [0.25, 0.3) is 0 Å². The molecule has 0 spiro atoms. The van der Waals surface area contributed by atoms with Gasteiger partial charge in [0, 0.05) is 19.1 Å². The molecule has 0 aromatic carbocycles. The summed E-state index contributed by atoms with van der Waals surface area (Å²) in [5.41, 5.74) is 7.06. The Kier molecular flexibility index (Phi) is 2.85. The van der Waals surface area contributed by atoms with Crippen molar-refractivity contribution in [2.24, 2.45) is 22.5 Å². The van der Waals surface area contributed by atoms with E-state index in [-0.39, 0.29) is 11.5 Å². The summed E-state index contributed by atoms with van der Waals surface area (Å²) in [6.07, 6.45) is 5.87. The maximum absolute atomic E-state index is 6.13. The van der Waals surface area contributed by atoms with E-state index in [1.54, 1.807) is 0 Å². The average molecular weight is 210 g/mol. The number of rotatable bonds is 5. The Morgan fingerprint density at radius 1 is 1.33 bits per heavy atom. The van der Waals surface area contributed by atoms with Crippen molar-refractivity contribution in [1.29, 1.82) is 0 Å². The molecule has 15 heavy (non-hydrogen) atoms. The molecule has 2 aliphatic rings. The maximum atomic E-state index is 6.13. The van der Waals surface area contributed by atoms with Crippen molar-refractivity contribution < 1.29 is 0 Å². The average Bonchev–Trinajstić information content (AvgIpc) is 2.97. The number of nitrogens with one attached hydrogen (secondary N) is 1. The van der Waals surface area contributed by atoms with Gasteiger partial charge in [0.1, 0.15) is 0 Å². The Morgan fingerprint density at radius 2 is 1.93 bits per heavy atom. The van der Waals surface area contributed by atoms with Gasteiger partial charge < -0.3 is 11.1 Å². The van der Waals surface area contributed by atoms with Crippen LogP contribution in [0.4, 0.5) is 0 Å². The van der Waals surface area contributed by atoms with E-state index in [0.29, 0.717) is 5.41 Å². The number of hydrogen-bond acceptors (Lipinski definition) is 2. The van der Waals surface area contributed by atoms with Gasteiger partial charge in [-0.1, -0.05) is 20.8 Å². The molecule has 0 amide bonds. The second-order valence-electron chi connectivity index (χ2n) is 6.74. The second-order valence-corrected chi connectivity index (χ2v) is 6.74. The lowest BCUT2D eigenvalue weighted by atomic mass is 9.87. The van der Waals surface area contributed by atoms with Crippen LogP contribution in [0, 0.1) is 16.7 Å². The number of hydrogen-bond donors (Lipinski definition) is 2. The lowest BCUT2D eigenvalue weighted by Crippen LogP contribution is -2.44. The van der Waals surface area contributed by atoms with Crippen LogP contribution in [0.15, 0.2) is 0 Å². The zero-order chi connectivity index (χ0) is 11.1. The van der Waals surface area contributed by atoms with E-state index in [4.69, 9.17) is 5.73 Å². The van der Waals surface area contributed by atoms with Crippen LogP contribution in [0.2, 0.25) is 0 Å². The minimum Gasteiger partial charge on any atom is -0.326 e. The van der Waals surface area contributed by atoms with Gasteiger partial charge in [-0.15, -0.1) is 0 Å². The summed E-state index contributed by atoms with van der Waals surface area (Å²) in [7, 11) is 0. The first-order valence-electron chi connectivity index (χ1n) is 6.40. The summed E-state index contributed by atoms with van der Waals surface area (Å²) >= 11 is 0. The smallest absolute Gasteiger partial charge is 0.0214 e. The van der Waals surface area contributed by atoms with E-state index >= 15 is 0 Å². The predicted molar refractivity (Wildman–Crippen MR) is 64.7 cm³/mol. The van der Waals surface area contributed by atoms with Gasteiger partial charge in [-0.3, -0.25) is 0 Å². The van der Waals surface area contributed by atoms with E-state index in [1.807, 2.05) is 0 Å². The summed E-state index contributed by atoms with van der Waals surface area (Å²) in [4.78, 5) is 0. The monoisotopic (exact) mass is 210 g/mol. The summed E-state index contributed by atoms with van der Waals surface area (Å²) in [6.45, 7) is 8.83. The van der Waals surface area contributed by atoms with Crippen LogP contribution in [0.5, 0.6) is 0 Å². The van der Waals surface area contributed by atoms with Crippen molar-refractivity contribution >= 4 is 0 Å². The van der Waals surface area contributed by atoms with Gasteiger partial charge in [0.2, 0.25) is 0 Å². The first-order chi connectivity index (χ1) is 6.94. The van der Waals surface area contributed by atoms with Crippen molar-refractivity contribution in [3.63, 3.8) is 0 Å². The summed E-state index contributed by atoms with van der Waals surface area (Å²) in [5.74, 6) is 1.05. The van der Waals surface area contributed by atoms with Crippen LogP contribution in [0.1, 0.15) is 46.5 Å². The van der Waals surface area contributed by atoms with Crippen LogP contribution in [0.3, 0.4) is 0 Å². The minimum atomic E-state index is 0.225. The van der Waals surface area contributed by atoms with Crippen LogP contribution in [-0.4, -0.2) is 19.1 Å². The molecule has 2 nitrogen and oxygen atoms in total. The fraction of sp³-hybridized carbons (Fsp3) is 1.00. The third-order valence-electron chi connectivity index (χ3n) is 4.29. The van der Waals surface area contributed by atoms with Crippen molar-refractivity contribution in [1.82, 2.24) is 5.32 Å². The fourth-order valence-electron chi connectivity index (χ4n) is 2.37. The predicted octanol–water partition coefficient (Wildman–Crippen LogP) is 2.14. The second kappa shape index (κ2) is 3.74. The van der Waals surface area contributed by atoms with E-state index in [2.05, 4.69) is 26.1 Å². The normalized spacial score (nSPS) is 26.4. The Hall–Kier alpha value is -0.0800. The molecule has 3 N–H and O–H groups in total. The van der Waals surface area contributed by atoms with Crippen LogP contribution >= 0.6 is 0 Å². The standard InChI is InChI=1S/C13H26N2/c1-12(2,3)11(14)8-15-9-13(6-7-13)10-4-5-10/h10-11,15H,4-9,14H2,1-3H3. The molecule has 0 aromatic heterocycles. The molecule has 0 radical (unpaired) electrons. The van der Waals surface area contributed by atoms with Gasteiger partial charge in [-0.25, -0.2) is 0 Å². The molecule has 0 bridgehead atoms. The highest BCUT2D eigenvalue weighted by Crippen LogP contribution is 2.60. The number of nitrogens with two attached hydrogens (primary N) is 1. The van der Waals surface area contributed by atoms with Gasteiger partial charge in [0.05, 0.1) is 0 Å². The highest BCUT2D eigenvalue weighted by molar-refractivity contribution is 5.05. The highest BCUT2D eigenvalue weighted by Gasteiger charge is 2.53. The lowest BCUT2D eigenvalue weighted by Gasteiger charge is -2.28. The van der Waals surface area contributed by atoms with Gasteiger partial charge in [0.15, 0.2) is 0 Å². The summed E-state index contributed by atoms with van der Waals surface area (Å²) < 4.78 is 0. The van der Waals surface area contributed by atoms with Crippen molar-refractivity contribution in [3.8, 4) is 0 Å². The van der Waals surface area contributed by atoms with Gasteiger partial charge in [-0.2, -0.15) is 0 Å². The summed E-state index contributed by atoms with van der Waals surface area (Å²) in [6, 6.07) is 0.271. The molecule has 0 heterocycles. The van der Waals surface area contributed by atoms with Crippen molar-refractivity contribution in [2.75, 3.05) is 13.1 Å². The molecule has 1 unspecified atom stereocenters. The Balaban J connectivity index is 1.66. The molecule has 1 atom stereocenters. The molecule has 2 heteroatoms. The Bertz CT molecular complexity index is 221. The molecule has 0 aromatic rings. The zero-order valence-electron chi connectivity index (χ0n) is 10.5. The summed E-state index contributed by atoms with van der Waals surface area (Å²) in [5, 5.41) is 3.59. The SMILES string of the molecule is CC(C)(C)C(N)CNCC1(C2CC2)CC1. The molecular weight excluding hydrogens is 184 g/mol. The quantitative estimate of drug-likeness (QED) is 0.729. The highest BCUT2D eigenvalue weighted by atomic mass is 14.9. The Labute approximate surface area is 94.0 Å². The molecule has 2 rings (SSSR count). The van der Waals surface area contributed by atoms with Crippen LogP contribution in [-0.2, 0) is 0 Å². The Morgan fingerprint density at radius 3 is 2.33 bits per heavy atom. The van der Waals surface area contributed by atoms with E-state index < -0.39 is 0 Å². The van der Waals surface area contributed by atoms with Crippen LogP contribution in [0.25, 0.3) is 0 Å². The zero-order valence-corrected chi connectivity index (χ0v) is 10.5. The minimum absolute atomic E-state index is 0.225. The van der Waals surface area contributed by atoms with Crippen molar-refractivity contribution in [2.45, 2.75) is 52.5 Å².